The summed E-state index contributed by atoms with van der Waals surface area (Å²) in [5.74, 6) is 3.55. The monoisotopic (exact) mass is 458 g/mol. The van der Waals surface area contributed by atoms with E-state index in [1.165, 1.54) is 25.7 Å². The number of hydrogen-bond acceptors (Lipinski definition) is 4. The molecule has 2 aliphatic rings. The largest absolute Gasteiger partial charge is 0.356 e. The van der Waals surface area contributed by atoms with Gasteiger partial charge in [-0.25, -0.2) is 9.97 Å². The van der Waals surface area contributed by atoms with E-state index in [2.05, 4.69) is 37.0 Å². The zero-order chi connectivity index (χ0) is 16.8. The van der Waals surface area contributed by atoms with E-state index in [0.29, 0.717) is 0 Å². The second-order valence-electron chi connectivity index (χ2n) is 7.09. The fraction of sp³-hybridized carbons (Fsp3) is 0.722. The van der Waals surface area contributed by atoms with Gasteiger partial charge in [0.25, 0.3) is 0 Å². The molecule has 0 bridgehead atoms. The SMILES string of the molecule is CN=C(NCC1CCCC(C)C1)N1CCN(c2ncccn2)CC1.I. The molecule has 2 unspecified atom stereocenters. The third kappa shape index (κ3) is 5.69. The molecule has 1 aromatic heterocycles. The zero-order valence-corrected chi connectivity index (χ0v) is 17.7. The first-order valence-corrected chi connectivity index (χ1v) is 9.24. The summed E-state index contributed by atoms with van der Waals surface area (Å²) in [6, 6.07) is 1.86. The summed E-state index contributed by atoms with van der Waals surface area (Å²) in [6.45, 7) is 7.22. The molecule has 0 spiro atoms. The van der Waals surface area contributed by atoms with Gasteiger partial charge in [0.1, 0.15) is 0 Å². The number of rotatable bonds is 3. The molecule has 2 heterocycles. The Morgan fingerprint density at radius 3 is 2.56 bits per heavy atom. The van der Waals surface area contributed by atoms with E-state index in [1.807, 2.05) is 13.1 Å². The fourth-order valence-corrected chi connectivity index (χ4v) is 3.89. The van der Waals surface area contributed by atoms with Crippen LogP contribution in [0.1, 0.15) is 32.6 Å². The normalized spacial score (nSPS) is 24.6. The van der Waals surface area contributed by atoms with Crippen LogP contribution in [0.15, 0.2) is 23.5 Å². The molecule has 25 heavy (non-hydrogen) atoms. The smallest absolute Gasteiger partial charge is 0.225 e. The number of aliphatic imine (C=N–C) groups is 1. The van der Waals surface area contributed by atoms with Gasteiger partial charge in [0.05, 0.1) is 0 Å². The number of nitrogens with one attached hydrogen (secondary N) is 1. The average molecular weight is 458 g/mol. The summed E-state index contributed by atoms with van der Waals surface area (Å²) in [5, 5.41) is 3.61. The highest BCUT2D eigenvalue weighted by Crippen LogP contribution is 2.27. The van der Waals surface area contributed by atoms with Gasteiger partial charge in [-0.3, -0.25) is 4.99 Å². The number of halogens is 1. The highest BCUT2D eigenvalue weighted by Gasteiger charge is 2.23. The van der Waals surface area contributed by atoms with Gasteiger partial charge in [-0.15, -0.1) is 24.0 Å². The first-order valence-electron chi connectivity index (χ1n) is 9.24. The molecule has 1 aromatic rings. The van der Waals surface area contributed by atoms with Gasteiger partial charge in [-0.2, -0.15) is 0 Å². The second kappa shape index (κ2) is 10.1. The molecule has 1 saturated carbocycles. The molecule has 140 valence electrons. The van der Waals surface area contributed by atoms with Crippen molar-refractivity contribution in [2.45, 2.75) is 32.6 Å². The maximum atomic E-state index is 4.49. The maximum absolute atomic E-state index is 4.49. The minimum Gasteiger partial charge on any atom is -0.356 e. The molecule has 0 radical (unpaired) electrons. The average Bonchev–Trinajstić information content (AvgIpc) is 2.64. The fourth-order valence-electron chi connectivity index (χ4n) is 3.89. The molecule has 1 aliphatic carbocycles. The van der Waals surface area contributed by atoms with Gasteiger partial charge >= 0.3 is 0 Å². The Kier molecular flexibility index (Phi) is 8.18. The molecule has 0 amide bonds. The van der Waals surface area contributed by atoms with E-state index in [1.54, 1.807) is 12.4 Å². The predicted octanol–water partition coefficient (Wildman–Crippen LogP) is 2.62. The summed E-state index contributed by atoms with van der Waals surface area (Å²) in [5.41, 5.74) is 0. The lowest BCUT2D eigenvalue weighted by atomic mass is 9.82. The van der Waals surface area contributed by atoms with Crippen LogP contribution in [0.2, 0.25) is 0 Å². The molecule has 1 aliphatic heterocycles. The number of nitrogens with zero attached hydrogens (tertiary/aromatic N) is 5. The quantitative estimate of drug-likeness (QED) is 0.429. The lowest BCUT2D eigenvalue weighted by molar-refractivity contribution is 0.278. The zero-order valence-electron chi connectivity index (χ0n) is 15.4. The van der Waals surface area contributed by atoms with Crippen molar-refractivity contribution in [1.82, 2.24) is 20.2 Å². The van der Waals surface area contributed by atoms with E-state index in [-0.39, 0.29) is 24.0 Å². The van der Waals surface area contributed by atoms with Crippen LogP contribution < -0.4 is 10.2 Å². The Bertz CT molecular complexity index is 530. The third-order valence-corrected chi connectivity index (χ3v) is 5.22. The van der Waals surface area contributed by atoms with E-state index in [4.69, 9.17) is 0 Å². The van der Waals surface area contributed by atoms with Crippen molar-refractivity contribution in [1.29, 1.82) is 0 Å². The number of piperazine rings is 1. The molecule has 3 rings (SSSR count). The number of aromatic nitrogens is 2. The predicted molar refractivity (Wildman–Crippen MR) is 114 cm³/mol. The van der Waals surface area contributed by atoms with E-state index < -0.39 is 0 Å². The van der Waals surface area contributed by atoms with Crippen molar-refractivity contribution in [2.75, 3.05) is 44.7 Å². The van der Waals surface area contributed by atoms with Crippen molar-refractivity contribution >= 4 is 35.9 Å². The summed E-state index contributed by atoms with van der Waals surface area (Å²) < 4.78 is 0. The van der Waals surface area contributed by atoms with Crippen LogP contribution in [0.4, 0.5) is 5.95 Å². The highest BCUT2D eigenvalue weighted by atomic mass is 127. The number of hydrogen-bond donors (Lipinski definition) is 1. The van der Waals surface area contributed by atoms with Crippen LogP contribution in [0.5, 0.6) is 0 Å². The second-order valence-corrected chi connectivity index (χ2v) is 7.09. The van der Waals surface area contributed by atoms with Crippen molar-refractivity contribution in [2.24, 2.45) is 16.8 Å². The van der Waals surface area contributed by atoms with Crippen LogP contribution in [0, 0.1) is 11.8 Å². The van der Waals surface area contributed by atoms with Crippen LogP contribution in [0.3, 0.4) is 0 Å². The molecule has 2 fully saturated rings. The molecule has 1 N–H and O–H groups in total. The Morgan fingerprint density at radius 1 is 1.20 bits per heavy atom. The molecule has 7 heteroatoms. The van der Waals surface area contributed by atoms with Gasteiger partial charge in [-0.1, -0.05) is 19.8 Å². The minimum atomic E-state index is 0. The van der Waals surface area contributed by atoms with Gasteiger partial charge in [0.2, 0.25) is 5.95 Å². The maximum Gasteiger partial charge on any atom is 0.225 e. The van der Waals surface area contributed by atoms with Crippen LogP contribution in [-0.2, 0) is 0 Å². The Labute approximate surface area is 168 Å². The molecule has 2 atom stereocenters. The van der Waals surface area contributed by atoms with Gasteiger partial charge < -0.3 is 15.1 Å². The topological polar surface area (TPSA) is 56.7 Å². The first kappa shape index (κ1) is 20.2. The van der Waals surface area contributed by atoms with Gasteiger partial charge in [-0.05, 0) is 30.7 Å². The molecule has 6 nitrogen and oxygen atoms in total. The van der Waals surface area contributed by atoms with E-state index >= 15 is 0 Å². The first-order chi connectivity index (χ1) is 11.8. The van der Waals surface area contributed by atoms with Crippen molar-refractivity contribution in [3.8, 4) is 0 Å². The summed E-state index contributed by atoms with van der Waals surface area (Å²) in [7, 11) is 1.89. The third-order valence-electron chi connectivity index (χ3n) is 5.22. The Balaban J connectivity index is 0.00000225. The van der Waals surface area contributed by atoms with Crippen LogP contribution in [0.25, 0.3) is 0 Å². The lowest BCUT2D eigenvalue weighted by Gasteiger charge is -2.37. The molecular formula is C18H31IN6. The molecular weight excluding hydrogens is 427 g/mol. The van der Waals surface area contributed by atoms with Crippen molar-refractivity contribution in [3.63, 3.8) is 0 Å². The van der Waals surface area contributed by atoms with Gasteiger partial charge in [0, 0.05) is 52.2 Å². The Morgan fingerprint density at radius 2 is 1.92 bits per heavy atom. The summed E-state index contributed by atoms with van der Waals surface area (Å²) >= 11 is 0. The van der Waals surface area contributed by atoms with Gasteiger partial charge in [0.15, 0.2) is 5.96 Å². The molecule has 1 saturated heterocycles. The number of anilines is 1. The number of guanidine groups is 1. The summed E-state index contributed by atoms with van der Waals surface area (Å²) in [6.07, 6.45) is 9.09. The van der Waals surface area contributed by atoms with Crippen LogP contribution >= 0.6 is 24.0 Å². The molecule has 0 aromatic carbocycles. The van der Waals surface area contributed by atoms with Crippen LogP contribution in [-0.4, -0.2) is 60.6 Å². The van der Waals surface area contributed by atoms with E-state index in [0.717, 1.165) is 56.5 Å². The van der Waals surface area contributed by atoms with Crippen molar-refractivity contribution in [3.05, 3.63) is 18.5 Å². The Hall–Kier alpha value is -1.12. The highest BCUT2D eigenvalue weighted by molar-refractivity contribution is 14.0. The lowest BCUT2D eigenvalue weighted by Crippen LogP contribution is -2.53. The van der Waals surface area contributed by atoms with Crippen molar-refractivity contribution < 1.29 is 0 Å². The standard InChI is InChI=1S/C18H30N6.HI/c1-15-5-3-6-16(13-15)14-22-17(19-2)23-9-11-24(12-10-23)18-20-7-4-8-21-18;/h4,7-8,15-16H,3,5-6,9-14H2,1-2H3,(H,19,22);1H. The minimum absolute atomic E-state index is 0. The summed E-state index contributed by atoms with van der Waals surface area (Å²) in [4.78, 5) is 17.8. The van der Waals surface area contributed by atoms with E-state index in [9.17, 15) is 0 Å².